The maximum atomic E-state index is 12.0. The van der Waals surface area contributed by atoms with E-state index in [2.05, 4.69) is 13.6 Å². The zero-order valence-corrected chi connectivity index (χ0v) is 18.8. The van der Waals surface area contributed by atoms with Crippen molar-refractivity contribution in [3.05, 3.63) is 33.4 Å². The van der Waals surface area contributed by atoms with Crippen LogP contribution in [0.5, 0.6) is 0 Å². The van der Waals surface area contributed by atoms with Gasteiger partial charge in [-0.2, -0.15) is 0 Å². The summed E-state index contributed by atoms with van der Waals surface area (Å²) in [6.45, 7) is 4.77. The van der Waals surface area contributed by atoms with Crippen molar-refractivity contribution < 1.29 is 41.9 Å². The minimum Gasteiger partial charge on any atom is -0.778 e. The number of hydrogen-bond donors (Lipinski definition) is 0. The van der Waals surface area contributed by atoms with Crippen molar-refractivity contribution in [2.75, 3.05) is 21.3 Å². The molecule has 0 aliphatic carbocycles. The zero-order chi connectivity index (χ0) is 21.2. The Balaban J connectivity index is 3.75. The molecule has 0 aromatic heterocycles. The summed E-state index contributed by atoms with van der Waals surface area (Å²) < 4.78 is 49.5. The van der Waals surface area contributed by atoms with Crippen molar-refractivity contribution in [1.82, 2.24) is 0 Å². The number of benzene rings is 1. The maximum absolute atomic E-state index is 12.0. The van der Waals surface area contributed by atoms with Crippen LogP contribution in [-0.2, 0) is 45.8 Å². The average Bonchev–Trinajstić information content (AvgIpc) is 2.59. The monoisotopic (exact) mass is 441 g/mol. The van der Waals surface area contributed by atoms with E-state index in [0.29, 0.717) is 33.4 Å². The molecule has 0 saturated carbocycles. The van der Waals surface area contributed by atoms with Crippen molar-refractivity contribution in [1.29, 1.82) is 0 Å². The van der Waals surface area contributed by atoms with Crippen molar-refractivity contribution in [3.8, 4) is 0 Å². The Labute approximate surface area is 159 Å². The summed E-state index contributed by atoms with van der Waals surface area (Å²) in [5.41, 5.74) is 2.23. The molecule has 1 aromatic rings. The van der Waals surface area contributed by atoms with Gasteiger partial charge >= 0.3 is 0 Å². The minimum absolute atomic E-state index is 0.304. The highest BCUT2D eigenvalue weighted by Gasteiger charge is 2.24. The topological polar surface area (TPSA) is 148 Å². The van der Waals surface area contributed by atoms with Gasteiger partial charge in [0.05, 0.1) is 0 Å². The predicted molar refractivity (Wildman–Crippen MR) is 95.6 cm³/mol. The maximum Gasteiger partial charge on any atom is 0.139 e. The lowest BCUT2D eigenvalue weighted by Crippen LogP contribution is -2.15. The van der Waals surface area contributed by atoms with Gasteiger partial charge in [-0.3, -0.25) is 0 Å². The van der Waals surface area contributed by atoms with Crippen LogP contribution in [0.15, 0.2) is 0 Å². The van der Waals surface area contributed by atoms with Crippen LogP contribution in [0.3, 0.4) is 0 Å². The van der Waals surface area contributed by atoms with Gasteiger partial charge in [-0.25, -0.2) is 0 Å². The summed E-state index contributed by atoms with van der Waals surface area (Å²) in [7, 11) is -9.59. The summed E-state index contributed by atoms with van der Waals surface area (Å²) in [4.78, 5) is 36.0. The van der Waals surface area contributed by atoms with Crippen LogP contribution in [0.4, 0.5) is 0 Å². The van der Waals surface area contributed by atoms with E-state index in [1.165, 1.54) is 0 Å². The molecule has 0 amide bonds. The van der Waals surface area contributed by atoms with Crippen LogP contribution < -0.4 is 14.7 Å². The quantitative estimate of drug-likeness (QED) is 0.522. The van der Waals surface area contributed by atoms with Crippen molar-refractivity contribution in [2.24, 2.45) is 0 Å². The molecule has 1 rings (SSSR count). The summed E-state index contributed by atoms with van der Waals surface area (Å²) in [5, 5.41) is 0. The van der Waals surface area contributed by atoms with Crippen LogP contribution in [-0.4, -0.2) is 21.3 Å². The number of hydrogen-bond acceptors (Lipinski definition) is 9. The highest BCUT2D eigenvalue weighted by atomic mass is 31.2. The van der Waals surface area contributed by atoms with Gasteiger partial charge in [0.1, 0.15) is 22.8 Å². The standard InChI is InChI=1S/C15H27O9P3/c1-10-13(7-25(16,17)22-4)11(2)15(9-27(20,21)24-6)12(3)14(10)8-26(18,19)23-5/h7-9H2,1-6H3,(H,16,17)(H,18,19)(H,20,21)/p-3. The van der Waals surface area contributed by atoms with Crippen molar-refractivity contribution in [2.45, 2.75) is 39.3 Å². The lowest BCUT2D eigenvalue weighted by atomic mass is 9.90. The Morgan fingerprint density at radius 2 is 0.778 bits per heavy atom. The van der Waals surface area contributed by atoms with Gasteiger partial charge in [-0.05, 0) is 54.2 Å². The zero-order valence-electron chi connectivity index (χ0n) is 16.1. The fraction of sp³-hybridized carbons (Fsp3) is 0.600. The molecule has 0 radical (unpaired) electrons. The first kappa shape index (κ1) is 24.7. The highest BCUT2D eigenvalue weighted by Crippen LogP contribution is 2.49. The molecule has 0 fully saturated rings. The fourth-order valence-electron chi connectivity index (χ4n) is 2.88. The van der Waals surface area contributed by atoms with E-state index in [1.54, 1.807) is 20.8 Å². The van der Waals surface area contributed by atoms with E-state index in [4.69, 9.17) is 0 Å². The predicted octanol–water partition coefficient (Wildman–Crippen LogP) is 1.71. The third-order valence-corrected chi connectivity index (χ3v) is 8.39. The van der Waals surface area contributed by atoms with Crippen LogP contribution in [0.2, 0.25) is 0 Å². The lowest BCUT2D eigenvalue weighted by molar-refractivity contribution is -0.198. The van der Waals surface area contributed by atoms with Crippen molar-refractivity contribution in [3.63, 3.8) is 0 Å². The Hall–Kier alpha value is -0.330. The van der Waals surface area contributed by atoms with Crippen LogP contribution in [0.1, 0.15) is 33.4 Å². The highest BCUT2D eigenvalue weighted by molar-refractivity contribution is 7.51. The molecule has 0 bridgehead atoms. The second-order valence-electron chi connectivity index (χ2n) is 6.17. The largest absolute Gasteiger partial charge is 0.778 e. The van der Waals surface area contributed by atoms with E-state index in [0.717, 1.165) is 21.3 Å². The summed E-state index contributed by atoms with van der Waals surface area (Å²) in [5.74, 6) is 0. The summed E-state index contributed by atoms with van der Waals surface area (Å²) >= 11 is 0. The van der Waals surface area contributed by atoms with E-state index >= 15 is 0 Å². The third-order valence-electron chi connectivity index (χ3n) is 4.61. The smallest absolute Gasteiger partial charge is 0.139 e. The van der Waals surface area contributed by atoms with Gasteiger partial charge in [-0.1, -0.05) is 0 Å². The SMILES string of the molecule is COP(=O)([O-])Cc1c(C)c(CP(=O)([O-])OC)c(C)c(CP(=O)([O-])OC)c1C. The van der Waals surface area contributed by atoms with Gasteiger partial charge in [-0.15, -0.1) is 0 Å². The Morgan fingerprint density at radius 3 is 0.926 bits per heavy atom. The van der Waals surface area contributed by atoms with E-state index in [9.17, 15) is 28.4 Å². The van der Waals surface area contributed by atoms with E-state index in [1.807, 2.05) is 0 Å². The van der Waals surface area contributed by atoms with Gasteiger partial charge in [0.2, 0.25) is 0 Å². The van der Waals surface area contributed by atoms with Crippen molar-refractivity contribution >= 4 is 22.8 Å². The van der Waals surface area contributed by atoms with Gasteiger partial charge < -0.3 is 41.9 Å². The Morgan fingerprint density at radius 1 is 0.593 bits per heavy atom. The lowest BCUT2D eigenvalue weighted by Gasteiger charge is -2.31. The molecule has 0 heterocycles. The molecule has 0 spiro atoms. The molecular formula is C15H24O9P3-3. The molecule has 156 valence electrons. The van der Waals surface area contributed by atoms with Crippen LogP contribution in [0, 0.1) is 20.8 Å². The molecule has 9 nitrogen and oxygen atoms in total. The Kier molecular flexibility index (Phi) is 8.23. The molecule has 1 aromatic carbocycles. The first-order valence-corrected chi connectivity index (χ1v) is 13.1. The molecule has 0 N–H and O–H groups in total. The number of rotatable bonds is 9. The summed E-state index contributed by atoms with van der Waals surface area (Å²) in [6, 6.07) is 0. The molecule has 3 atom stereocenters. The van der Waals surface area contributed by atoms with Crippen LogP contribution in [0.25, 0.3) is 0 Å². The van der Waals surface area contributed by atoms with Crippen LogP contribution >= 0.6 is 22.8 Å². The molecule has 0 aliphatic rings. The Bertz CT molecular complexity index is 719. The molecule has 0 saturated heterocycles. The van der Waals surface area contributed by atoms with E-state index < -0.39 is 41.3 Å². The average molecular weight is 441 g/mol. The second kappa shape index (κ2) is 9.00. The minimum atomic E-state index is -4.23. The van der Waals surface area contributed by atoms with Gasteiger partial charge in [0.25, 0.3) is 0 Å². The molecular weight excluding hydrogens is 417 g/mol. The first-order valence-electron chi connectivity index (χ1n) is 7.88. The summed E-state index contributed by atoms with van der Waals surface area (Å²) in [6.07, 6.45) is -1.48. The molecule has 3 unspecified atom stereocenters. The fourth-order valence-corrected chi connectivity index (χ4v) is 5.85. The normalized spacial score (nSPS) is 18.6. The third kappa shape index (κ3) is 6.33. The molecule has 12 heteroatoms. The molecule has 27 heavy (non-hydrogen) atoms. The first-order chi connectivity index (χ1) is 12.2. The van der Waals surface area contributed by atoms with Gasteiger partial charge in [0, 0.05) is 39.8 Å². The van der Waals surface area contributed by atoms with E-state index in [-0.39, 0.29) is 0 Å². The molecule has 0 aliphatic heterocycles. The van der Waals surface area contributed by atoms with Gasteiger partial charge in [0.15, 0.2) is 0 Å². The second-order valence-corrected chi connectivity index (χ2v) is 11.9.